The van der Waals surface area contributed by atoms with Gasteiger partial charge in [0.15, 0.2) is 0 Å². The summed E-state index contributed by atoms with van der Waals surface area (Å²) in [5.74, 6) is -1.01. The van der Waals surface area contributed by atoms with Crippen LogP contribution in [0.15, 0.2) is 5.16 Å². The van der Waals surface area contributed by atoms with E-state index in [1.54, 1.807) is 0 Å². The highest BCUT2D eigenvalue weighted by atomic mass is 127. The van der Waals surface area contributed by atoms with Crippen LogP contribution in [0.3, 0.4) is 0 Å². The lowest BCUT2D eigenvalue weighted by atomic mass is 10.8. The molecule has 0 aromatic heterocycles. The summed E-state index contributed by atoms with van der Waals surface area (Å²) in [6.45, 7) is -0.368. The molecule has 9 heavy (non-hydrogen) atoms. The van der Waals surface area contributed by atoms with Gasteiger partial charge in [-0.15, -0.1) is 0 Å². The van der Waals surface area contributed by atoms with Gasteiger partial charge < -0.3 is 9.94 Å². The van der Waals surface area contributed by atoms with Crippen molar-refractivity contribution >= 4 is 34.8 Å². The molecule has 0 bridgehead atoms. The van der Waals surface area contributed by atoms with Crippen molar-refractivity contribution in [2.45, 2.75) is 0 Å². The van der Waals surface area contributed by atoms with Crippen molar-refractivity contribution in [2.24, 2.45) is 5.16 Å². The van der Waals surface area contributed by atoms with Gasteiger partial charge >= 0.3 is 5.97 Å². The van der Waals surface area contributed by atoms with Gasteiger partial charge in [0, 0.05) is 4.43 Å². The Morgan fingerprint density at radius 2 is 2.56 bits per heavy atom. The number of aliphatic carboxylic acids is 1. The first kappa shape index (κ1) is 8.67. The lowest BCUT2D eigenvalue weighted by Gasteiger charge is -1.89. The quantitative estimate of drug-likeness (QED) is 0.338. The van der Waals surface area contributed by atoms with Gasteiger partial charge in [-0.25, -0.2) is 4.79 Å². The molecule has 0 atom stereocenters. The molecule has 0 saturated heterocycles. The minimum atomic E-state index is -1.01. The summed E-state index contributed by atoms with van der Waals surface area (Å²) in [4.78, 5) is 14.1. The molecular formula is C4H6INO3. The van der Waals surface area contributed by atoms with Crippen LogP contribution in [0.4, 0.5) is 0 Å². The molecule has 52 valence electrons. The predicted octanol–water partition coefficient (Wildman–Crippen LogP) is 0.508. The molecule has 0 aliphatic carbocycles. The van der Waals surface area contributed by atoms with Crippen molar-refractivity contribution in [3.05, 3.63) is 0 Å². The van der Waals surface area contributed by atoms with Crippen LogP contribution in [-0.4, -0.2) is 28.3 Å². The monoisotopic (exact) mass is 243 g/mol. The van der Waals surface area contributed by atoms with E-state index >= 15 is 0 Å². The molecule has 0 unspecified atom stereocenters. The molecule has 5 heteroatoms. The van der Waals surface area contributed by atoms with E-state index in [-0.39, 0.29) is 6.61 Å². The molecular weight excluding hydrogens is 237 g/mol. The van der Waals surface area contributed by atoms with Crippen molar-refractivity contribution in [1.82, 2.24) is 0 Å². The Labute approximate surface area is 66.0 Å². The molecule has 0 spiro atoms. The van der Waals surface area contributed by atoms with Gasteiger partial charge in [0.2, 0.25) is 6.61 Å². The van der Waals surface area contributed by atoms with Gasteiger partial charge in [-0.2, -0.15) is 0 Å². The normalized spacial score (nSPS) is 9.89. The number of hydrogen-bond acceptors (Lipinski definition) is 3. The smallest absolute Gasteiger partial charge is 0.344 e. The van der Waals surface area contributed by atoms with E-state index in [0.717, 1.165) is 4.43 Å². The molecule has 0 aromatic carbocycles. The van der Waals surface area contributed by atoms with Crippen LogP contribution in [0.25, 0.3) is 0 Å². The van der Waals surface area contributed by atoms with Crippen LogP contribution >= 0.6 is 22.6 Å². The summed E-state index contributed by atoms with van der Waals surface area (Å²) in [5, 5.41) is 11.3. The lowest BCUT2D eigenvalue weighted by molar-refractivity contribution is -0.142. The minimum absolute atomic E-state index is 0.368. The number of carbonyl (C=O) groups is 1. The highest BCUT2D eigenvalue weighted by Crippen LogP contribution is 1.77. The second kappa shape index (κ2) is 5.80. The average molecular weight is 243 g/mol. The third-order valence-corrected chi connectivity index (χ3v) is 0.800. The van der Waals surface area contributed by atoms with Gasteiger partial charge in [0.05, 0.1) is 6.21 Å². The number of rotatable bonds is 4. The zero-order valence-electron chi connectivity index (χ0n) is 4.58. The number of carboxylic acid groups (broad SMARTS) is 1. The Hall–Kier alpha value is -0.330. The Kier molecular flexibility index (Phi) is 5.59. The Bertz CT molecular complexity index is 114. The molecule has 0 fully saturated rings. The summed E-state index contributed by atoms with van der Waals surface area (Å²) in [7, 11) is 0. The van der Waals surface area contributed by atoms with Crippen LogP contribution in [0.1, 0.15) is 0 Å². The van der Waals surface area contributed by atoms with E-state index in [9.17, 15) is 4.79 Å². The summed E-state index contributed by atoms with van der Waals surface area (Å²) in [5.41, 5.74) is 0. The van der Waals surface area contributed by atoms with Gasteiger partial charge in [0.25, 0.3) is 0 Å². The first-order chi connectivity index (χ1) is 4.27. The summed E-state index contributed by atoms with van der Waals surface area (Å²) in [6, 6.07) is 0. The standard InChI is InChI=1S/C4H6INO3/c5-1-2-6-9-3-4(7)8/h2H,1,3H2,(H,7,8). The average Bonchev–Trinajstić information content (AvgIpc) is 1.80. The van der Waals surface area contributed by atoms with E-state index in [2.05, 4.69) is 32.6 Å². The van der Waals surface area contributed by atoms with Crippen LogP contribution in [0.2, 0.25) is 0 Å². The zero-order chi connectivity index (χ0) is 7.11. The van der Waals surface area contributed by atoms with Crippen molar-refractivity contribution < 1.29 is 14.7 Å². The lowest BCUT2D eigenvalue weighted by Crippen LogP contribution is -2.03. The highest BCUT2D eigenvalue weighted by molar-refractivity contribution is 14.1. The van der Waals surface area contributed by atoms with E-state index in [1.807, 2.05) is 0 Å². The van der Waals surface area contributed by atoms with E-state index < -0.39 is 5.97 Å². The second-order valence-corrected chi connectivity index (χ2v) is 1.99. The number of hydrogen-bond donors (Lipinski definition) is 1. The fourth-order valence-electron chi connectivity index (χ4n) is 0.173. The molecule has 0 aliphatic rings. The molecule has 0 rings (SSSR count). The van der Waals surface area contributed by atoms with Crippen LogP contribution in [0.5, 0.6) is 0 Å². The molecule has 0 saturated carbocycles. The van der Waals surface area contributed by atoms with Crippen molar-refractivity contribution in [3.8, 4) is 0 Å². The largest absolute Gasteiger partial charge is 0.479 e. The number of oxime groups is 1. The van der Waals surface area contributed by atoms with Gasteiger partial charge in [-0.3, -0.25) is 0 Å². The summed E-state index contributed by atoms with van der Waals surface area (Å²) >= 11 is 2.07. The Balaban J connectivity index is 3.09. The Morgan fingerprint density at radius 1 is 1.89 bits per heavy atom. The molecule has 0 amide bonds. The van der Waals surface area contributed by atoms with Crippen LogP contribution < -0.4 is 0 Å². The maximum absolute atomic E-state index is 9.76. The zero-order valence-corrected chi connectivity index (χ0v) is 6.74. The van der Waals surface area contributed by atoms with E-state index in [4.69, 9.17) is 5.11 Å². The fourth-order valence-corrected chi connectivity index (χ4v) is 0.334. The number of alkyl halides is 1. The van der Waals surface area contributed by atoms with Crippen molar-refractivity contribution in [3.63, 3.8) is 0 Å². The SMILES string of the molecule is O=C(O)CON=CCI. The van der Waals surface area contributed by atoms with E-state index in [0.29, 0.717) is 0 Å². The maximum Gasteiger partial charge on any atom is 0.344 e. The van der Waals surface area contributed by atoms with Crippen molar-refractivity contribution in [1.29, 1.82) is 0 Å². The summed E-state index contributed by atoms with van der Waals surface area (Å²) < 4.78 is 0.720. The molecule has 0 heterocycles. The topological polar surface area (TPSA) is 58.9 Å². The fraction of sp³-hybridized carbons (Fsp3) is 0.500. The van der Waals surface area contributed by atoms with E-state index in [1.165, 1.54) is 6.21 Å². The Morgan fingerprint density at radius 3 is 3.00 bits per heavy atom. The first-order valence-electron chi connectivity index (χ1n) is 2.19. The molecule has 0 aliphatic heterocycles. The number of nitrogens with zero attached hydrogens (tertiary/aromatic N) is 1. The molecule has 0 aromatic rings. The highest BCUT2D eigenvalue weighted by Gasteiger charge is 1.91. The first-order valence-corrected chi connectivity index (χ1v) is 3.71. The van der Waals surface area contributed by atoms with Gasteiger partial charge in [-0.05, 0) is 0 Å². The molecule has 0 radical (unpaired) electrons. The van der Waals surface area contributed by atoms with Crippen LogP contribution in [0, 0.1) is 0 Å². The van der Waals surface area contributed by atoms with Gasteiger partial charge in [0.1, 0.15) is 0 Å². The number of carboxylic acids is 1. The predicted molar refractivity (Wildman–Crippen MR) is 41.0 cm³/mol. The molecule has 1 N–H and O–H groups in total. The maximum atomic E-state index is 9.76. The third kappa shape index (κ3) is 7.67. The van der Waals surface area contributed by atoms with Crippen molar-refractivity contribution in [2.75, 3.05) is 11.0 Å². The number of halogens is 1. The van der Waals surface area contributed by atoms with Crippen LogP contribution in [-0.2, 0) is 9.63 Å². The van der Waals surface area contributed by atoms with Gasteiger partial charge in [-0.1, -0.05) is 27.7 Å². The second-order valence-electron chi connectivity index (χ2n) is 1.11. The third-order valence-electron chi connectivity index (χ3n) is 0.406. The minimum Gasteiger partial charge on any atom is -0.479 e. The summed E-state index contributed by atoms with van der Waals surface area (Å²) in [6.07, 6.45) is 1.49. The molecule has 4 nitrogen and oxygen atoms in total.